The number of carbonyl (C=O) groups is 1. The van der Waals surface area contributed by atoms with Crippen LogP contribution in [0.5, 0.6) is 0 Å². The number of hydrogen-bond donors (Lipinski definition) is 2. The van der Waals surface area contributed by atoms with E-state index in [0.717, 1.165) is 19.3 Å². The number of aromatic nitrogens is 2. The summed E-state index contributed by atoms with van der Waals surface area (Å²) in [6.07, 6.45) is 2.69. The van der Waals surface area contributed by atoms with Crippen molar-refractivity contribution in [3.8, 4) is 0 Å². The smallest absolute Gasteiger partial charge is 0.272 e. The summed E-state index contributed by atoms with van der Waals surface area (Å²) in [6.45, 7) is 5.92. The van der Waals surface area contributed by atoms with Crippen LogP contribution in [0, 0.1) is 0 Å². The van der Waals surface area contributed by atoms with E-state index in [9.17, 15) is 4.79 Å². The van der Waals surface area contributed by atoms with Gasteiger partial charge in [0.25, 0.3) is 5.91 Å². The number of anilines is 1. The Balaban J connectivity index is 1.42. The zero-order valence-electron chi connectivity index (χ0n) is 15.9. The zero-order valence-corrected chi connectivity index (χ0v) is 15.9. The molecule has 0 radical (unpaired) electrons. The van der Waals surface area contributed by atoms with Gasteiger partial charge in [-0.1, -0.05) is 38.1 Å². The highest BCUT2D eigenvalue weighted by Crippen LogP contribution is 2.45. The van der Waals surface area contributed by atoms with Gasteiger partial charge in [0.15, 0.2) is 5.69 Å². The van der Waals surface area contributed by atoms with Gasteiger partial charge in [-0.15, -0.1) is 10.2 Å². The molecule has 1 unspecified atom stereocenters. The third kappa shape index (κ3) is 3.81. The van der Waals surface area contributed by atoms with E-state index in [2.05, 4.69) is 58.9 Å². The molecule has 1 atom stereocenters. The van der Waals surface area contributed by atoms with Crippen molar-refractivity contribution >= 4 is 11.7 Å². The van der Waals surface area contributed by atoms with Crippen LogP contribution in [0.1, 0.15) is 60.8 Å². The van der Waals surface area contributed by atoms with Crippen LogP contribution >= 0.6 is 0 Å². The first-order chi connectivity index (χ1) is 13.0. The molecule has 2 heterocycles. The molecule has 6 nitrogen and oxygen atoms in total. The van der Waals surface area contributed by atoms with Crippen molar-refractivity contribution in [3.05, 3.63) is 53.2 Å². The minimum atomic E-state index is -0.173. The highest BCUT2D eigenvalue weighted by atomic mass is 16.5. The van der Waals surface area contributed by atoms with Crippen molar-refractivity contribution < 1.29 is 9.53 Å². The SMILES string of the molecule is CC1(C)CC(Nc2ccc(C(=O)NC3CCOCC3)nn2)c2ccccc21. The van der Waals surface area contributed by atoms with E-state index in [4.69, 9.17) is 4.74 Å². The standard InChI is InChI=1S/C21H26N4O2/c1-21(2)13-18(15-5-3-4-6-16(15)21)23-19-8-7-17(24-25-19)20(26)22-14-9-11-27-12-10-14/h3-8,14,18H,9-13H2,1-2H3,(H,22,26)(H,23,25). The zero-order chi connectivity index (χ0) is 18.9. The fraction of sp³-hybridized carbons (Fsp3) is 0.476. The van der Waals surface area contributed by atoms with Crippen LogP contribution in [0.3, 0.4) is 0 Å². The average molecular weight is 366 g/mol. The maximum absolute atomic E-state index is 12.3. The summed E-state index contributed by atoms with van der Waals surface area (Å²) < 4.78 is 5.32. The molecule has 1 saturated heterocycles. The van der Waals surface area contributed by atoms with Gasteiger partial charge < -0.3 is 15.4 Å². The van der Waals surface area contributed by atoms with Crippen molar-refractivity contribution in [1.29, 1.82) is 0 Å². The summed E-state index contributed by atoms with van der Waals surface area (Å²) >= 11 is 0. The molecular formula is C21H26N4O2. The van der Waals surface area contributed by atoms with Gasteiger partial charge in [0.2, 0.25) is 0 Å². The van der Waals surface area contributed by atoms with E-state index in [1.54, 1.807) is 6.07 Å². The number of rotatable bonds is 4. The van der Waals surface area contributed by atoms with E-state index in [1.807, 2.05) is 6.07 Å². The van der Waals surface area contributed by atoms with Crippen LogP contribution in [0.25, 0.3) is 0 Å². The second-order valence-electron chi connectivity index (χ2n) is 8.04. The third-order valence-corrected chi connectivity index (χ3v) is 5.56. The molecule has 142 valence electrons. The molecule has 2 aromatic rings. The maximum atomic E-state index is 12.3. The Kier molecular flexibility index (Phi) is 4.83. The molecule has 0 saturated carbocycles. The second kappa shape index (κ2) is 7.27. The normalized spacial score (nSPS) is 21.5. The Morgan fingerprint density at radius 3 is 2.63 bits per heavy atom. The van der Waals surface area contributed by atoms with Crippen LogP contribution in [0.4, 0.5) is 5.82 Å². The van der Waals surface area contributed by atoms with Gasteiger partial charge in [0, 0.05) is 19.3 Å². The molecule has 1 aliphatic heterocycles. The highest BCUT2D eigenvalue weighted by molar-refractivity contribution is 5.92. The first-order valence-electron chi connectivity index (χ1n) is 9.61. The fourth-order valence-electron chi connectivity index (χ4n) is 4.09. The molecule has 4 rings (SSSR count). The Bertz CT molecular complexity index is 813. The lowest BCUT2D eigenvalue weighted by Crippen LogP contribution is -2.39. The summed E-state index contributed by atoms with van der Waals surface area (Å²) in [4.78, 5) is 12.3. The van der Waals surface area contributed by atoms with E-state index in [-0.39, 0.29) is 23.4 Å². The Morgan fingerprint density at radius 2 is 1.89 bits per heavy atom. The first-order valence-corrected chi connectivity index (χ1v) is 9.61. The van der Waals surface area contributed by atoms with Crippen molar-refractivity contribution in [1.82, 2.24) is 15.5 Å². The first kappa shape index (κ1) is 17.9. The predicted molar refractivity (Wildman–Crippen MR) is 104 cm³/mol. The number of ether oxygens (including phenoxy) is 1. The molecule has 1 aromatic carbocycles. The van der Waals surface area contributed by atoms with Gasteiger partial charge in [0.1, 0.15) is 5.82 Å². The van der Waals surface area contributed by atoms with Crippen molar-refractivity contribution in [3.63, 3.8) is 0 Å². The van der Waals surface area contributed by atoms with Gasteiger partial charge in [-0.2, -0.15) is 0 Å². The summed E-state index contributed by atoms with van der Waals surface area (Å²) in [5.41, 5.74) is 3.17. The predicted octanol–water partition coefficient (Wildman–Crippen LogP) is 3.22. The molecule has 2 N–H and O–H groups in total. The van der Waals surface area contributed by atoms with E-state index in [1.165, 1.54) is 11.1 Å². The van der Waals surface area contributed by atoms with Gasteiger partial charge in [-0.3, -0.25) is 4.79 Å². The van der Waals surface area contributed by atoms with Crippen LogP contribution in [0.2, 0.25) is 0 Å². The van der Waals surface area contributed by atoms with Gasteiger partial charge in [-0.25, -0.2) is 0 Å². The molecule has 0 spiro atoms. The lowest BCUT2D eigenvalue weighted by atomic mass is 9.86. The number of hydrogen-bond acceptors (Lipinski definition) is 5. The van der Waals surface area contributed by atoms with Gasteiger partial charge >= 0.3 is 0 Å². The summed E-state index contributed by atoms with van der Waals surface area (Å²) in [5.74, 6) is 0.517. The van der Waals surface area contributed by atoms with Crippen LogP contribution < -0.4 is 10.6 Å². The van der Waals surface area contributed by atoms with Gasteiger partial charge in [-0.05, 0) is 47.9 Å². The van der Waals surface area contributed by atoms with Crippen LogP contribution in [0.15, 0.2) is 36.4 Å². The minimum Gasteiger partial charge on any atom is -0.381 e. The second-order valence-corrected chi connectivity index (χ2v) is 8.04. The van der Waals surface area contributed by atoms with Gasteiger partial charge in [0.05, 0.1) is 6.04 Å². The minimum absolute atomic E-state index is 0.130. The largest absolute Gasteiger partial charge is 0.381 e. The average Bonchev–Trinajstić information content (AvgIpc) is 2.94. The number of nitrogens with zero attached hydrogens (tertiary/aromatic N) is 2. The molecule has 27 heavy (non-hydrogen) atoms. The molecule has 6 heteroatoms. The molecule has 2 aliphatic rings. The molecule has 1 amide bonds. The Morgan fingerprint density at radius 1 is 1.11 bits per heavy atom. The molecule has 0 bridgehead atoms. The Hall–Kier alpha value is -2.47. The Labute approximate surface area is 159 Å². The highest BCUT2D eigenvalue weighted by Gasteiger charge is 2.36. The quantitative estimate of drug-likeness (QED) is 0.869. The number of carbonyl (C=O) groups excluding carboxylic acids is 1. The van der Waals surface area contributed by atoms with Crippen LogP contribution in [-0.4, -0.2) is 35.4 Å². The number of amides is 1. The monoisotopic (exact) mass is 366 g/mol. The lowest BCUT2D eigenvalue weighted by Gasteiger charge is -2.22. The number of nitrogens with one attached hydrogen (secondary N) is 2. The topological polar surface area (TPSA) is 76.1 Å². The molecule has 1 fully saturated rings. The molecule has 1 aliphatic carbocycles. The lowest BCUT2D eigenvalue weighted by molar-refractivity contribution is 0.0693. The van der Waals surface area contributed by atoms with Crippen molar-refractivity contribution in [2.24, 2.45) is 0 Å². The summed E-state index contributed by atoms with van der Waals surface area (Å²) in [5, 5.41) is 14.8. The number of benzene rings is 1. The number of fused-ring (bicyclic) bond motifs is 1. The third-order valence-electron chi connectivity index (χ3n) is 5.56. The summed E-state index contributed by atoms with van der Waals surface area (Å²) in [7, 11) is 0. The maximum Gasteiger partial charge on any atom is 0.272 e. The van der Waals surface area contributed by atoms with Crippen molar-refractivity contribution in [2.45, 2.75) is 50.6 Å². The van der Waals surface area contributed by atoms with E-state index in [0.29, 0.717) is 24.7 Å². The van der Waals surface area contributed by atoms with Crippen LogP contribution in [-0.2, 0) is 10.2 Å². The summed E-state index contributed by atoms with van der Waals surface area (Å²) in [6, 6.07) is 12.5. The molecular weight excluding hydrogens is 340 g/mol. The fourth-order valence-corrected chi connectivity index (χ4v) is 4.09. The van der Waals surface area contributed by atoms with E-state index < -0.39 is 0 Å². The van der Waals surface area contributed by atoms with Crippen molar-refractivity contribution in [2.75, 3.05) is 18.5 Å². The van der Waals surface area contributed by atoms with E-state index >= 15 is 0 Å². The molecule has 1 aromatic heterocycles.